The summed E-state index contributed by atoms with van der Waals surface area (Å²) in [5.41, 5.74) is 4.82. The molecule has 0 atom stereocenters. The van der Waals surface area contributed by atoms with E-state index in [9.17, 15) is 8.42 Å². The first kappa shape index (κ1) is 18.7. The van der Waals surface area contributed by atoms with E-state index in [-0.39, 0.29) is 11.0 Å². The van der Waals surface area contributed by atoms with Gasteiger partial charge in [-0.05, 0) is 54.9 Å². The zero-order chi connectivity index (χ0) is 17.7. The molecule has 0 amide bonds. The predicted molar refractivity (Wildman–Crippen MR) is 102 cm³/mol. The Morgan fingerprint density at radius 3 is 1.54 bits per heavy atom. The van der Waals surface area contributed by atoms with E-state index < -0.39 is 9.84 Å². The van der Waals surface area contributed by atoms with Crippen molar-refractivity contribution >= 4 is 9.84 Å². The lowest BCUT2D eigenvalue weighted by atomic mass is 9.99. The molecule has 24 heavy (non-hydrogen) atoms. The molecule has 2 aromatic carbocycles. The standard InChI is InChI=1S/C21H28O2S/c1-16(2)21-13-11-19(12-14-21)6-5-18-7-9-20(10-8-18)15-24(22,23)17(3)4/h7-14,16-17H,5-6,15H2,1-4H3. The summed E-state index contributed by atoms with van der Waals surface area (Å²) in [6, 6.07) is 16.8. The van der Waals surface area contributed by atoms with Crippen LogP contribution in [0.2, 0.25) is 0 Å². The maximum absolute atomic E-state index is 12.0. The Kier molecular flexibility index (Phi) is 6.22. The van der Waals surface area contributed by atoms with Crippen molar-refractivity contribution in [1.82, 2.24) is 0 Å². The molecule has 2 nitrogen and oxygen atoms in total. The monoisotopic (exact) mass is 344 g/mol. The Balaban J connectivity index is 1.94. The van der Waals surface area contributed by atoms with Gasteiger partial charge < -0.3 is 0 Å². The number of sulfone groups is 1. The summed E-state index contributed by atoms with van der Waals surface area (Å²) < 4.78 is 23.9. The fourth-order valence-corrected chi connectivity index (χ4v) is 3.55. The third-order valence-electron chi connectivity index (χ3n) is 4.46. The van der Waals surface area contributed by atoms with E-state index >= 15 is 0 Å². The van der Waals surface area contributed by atoms with Crippen LogP contribution in [0.1, 0.15) is 55.9 Å². The summed E-state index contributed by atoms with van der Waals surface area (Å²) in [7, 11) is -3.03. The Morgan fingerprint density at radius 1 is 0.708 bits per heavy atom. The van der Waals surface area contributed by atoms with E-state index in [1.54, 1.807) is 13.8 Å². The van der Waals surface area contributed by atoms with Crippen LogP contribution >= 0.6 is 0 Å². The van der Waals surface area contributed by atoms with Gasteiger partial charge in [0.15, 0.2) is 9.84 Å². The summed E-state index contributed by atoms with van der Waals surface area (Å²) in [5, 5.41) is -0.328. The van der Waals surface area contributed by atoms with E-state index in [2.05, 4.69) is 38.1 Å². The Morgan fingerprint density at radius 2 is 1.12 bits per heavy atom. The van der Waals surface area contributed by atoms with Gasteiger partial charge in [0.05, 0.1) is 11.0 Å². The average molecular weight is 345 g/mol. The summed E-state index contributed by atoms with van der Waals surface area (Å²) in [6.45, 7) is 7.87. The van der Waals surface area contributed by atoms with Crippen molar-refractivity contribution in [3.05, 3.63) is 70.8 Å². The predicted octanol–water partition coefficient (Wildman–Crippen LogP) is 4.92. The van der Waals surface area contributed by atoms with Crippen LogP contribution in [0.3, 0.4) is 0 Å². The molecule has 0 aromatic heterocycles. The molecular weight excluding hydrogens is 316 g/mol. The van der Waals surface area contributed by atoms with Gasteiger partial charge in [0.25, 0.3) is 0 Å². The number of rotatable bonds is 7. The molecule has 0 fully saturated rings. The van der Waals surface area contributed by atoms with E-state index in [0.717, 1.165) is 18.4 Å². The second kappa shape index (κ2) is 7.98. The molecule has 0 heterocycles. The van der Waals surface area contributed by atoms with Crippen molar-refractivity contribution in [2.24, 2.45) is 0 Å². The highest BCUT2D eigenvalue weighted by Crippen LogP contribution is 2.17. The largest absolute Gasteiger partial charge is 0.228 e. The van der Waals surface area contributed by atoms with Crippen molar-refractivity contribution in [1.29, 1.82) is 0 Å². The molecule has 0 unspecified atom stereocenters. The lowest BCUT2D eigenvalue weighted by Gasteiger charge is -2.09. The van der Waals surface area contributed by atoms with Gasteiger partial charge in [-0.1, -0.05) is 62.4 Å². The fraction of sp³-hybridized carbons (Fsp3) is 0.429. The molecule has 3 heteroatoms. The maximum atomic E-state index is 12.0. The fourth-order valence-electron chi connectivity index (χ4n) is 2.56. The van der Waals surface area contributed by atoms with Crippen LogP contribution < -0.4 is 0 Å². The lowest BCUT2D eigenvalue weighted by molar-refractivity contribution is 0.586. The minimum absolute atomic E-state index is 0.127. The van der Waals surface area contributed by atoms with E-state index in [1.165, 1.54) is 16.7 Å². The molecule has 0 N–H and O–H groups in total. The highest BCUT2D eigenvalue weighted by Gasteiger charge is 2.16. The van der Waals surface area contributed by atoms with Crippen molar-refractivity contribution in [3.8, 4) is 0 Å². The van der Waals surface area contributed by atoms with Crippen LogP contribution in [0.4, 0.5) is 0 Å². The molecule has 0 saturated heterocycles. The van der Waals surface area contributed by atoms with Gasteiger partial charge in [0.1, 0.15) is 0 Å². The molecular formula is C21H28O2S. The number of hydrogen-bond donors (Lipinski definition) is 0. The molecule has 0 saturated carbocycles. The Bertz CT molecular complexity index is 739. The summed E-state index contributed by atoms with van der Waals surface area (Å²) in [6.07, 6.45) is 1.97. The van der Waals surface area contributed by atoms with Crippen LogP contribution in [0, 0.1) is 0 Å². The second-order valence-electron chi connectivity index (χ2n) is 7.07. The number of benzene rings is 2. The summed E-state index contributed by atoms with van der Waals surface area (Å²) in [5.74, 6) is 0.690. The minimum atomic E-state index is -3.03. The van der Waals surface area contributed by atoms with E-state index in [4.69, 9.17) is 0 Å². The first-order valence-corrected chi connectivity index (χ1v) is 10.4. The Labute approximate surface area is 146 Å². The third kappa shape index (κ3) is 5.20. The van der Waals surface area contributed by atoms with Crippen molar-refractivity contribution in [2.45, 2.75) is 57.5 Å². The normalized spacial score (nSPS) is 12.1. The zero-order valence-electron chi connectivity index (χ0n) is 15.1. The molecule has 0 aliphatic carbocycles. The summed E-state index contributed by atoms with van der Waals surface area (Å²) in [4.78, 5) is 0. The van der Waals surface area contributed by atoms with Gasteiger partial charge in [0, 0.05) is 0 Å². The quantitative estimate of drug-likeness (QED) is 0.714. The van der Waals surface area contributed by atoms with Crippen molar-refractivity contribution in [2.75, 3.05) is 0 Å². The lowest BCUT2D eigenvalue weighted by Crippen LogP contribution is -2.15. The highest BCUT2D eigenvalue weighted by molar-refractivity contribution is 7.91. The average Bonchev–Trinajstić information content (AvgIpc) is 2.54. The second-order valence-corrected chi connectivity index (χ2v) is 9.63. The van der Waals surface area contributed by atoms with Crippen molar-refractivity contribution < 1.29 is 8.42 Å². The molecule has 130 valence electrons. The first-order chi connectivity index (χ1) is 11.3. The van der Waals surface area contributed by atoms with Crippen LogP contribution in [0.25, 0.3) is 0 Å². The van der Waals surface area contributed by atoms with Gasteiger partial charge in [-0.2, -0.15) is 0 Å². The number of hydrogen-bond acceptors (Lipinski definition) is 2. The van der Waals surface area contributed by atoms with Gasteiger partial charge >= 0.3 is 0 Å². The number of aryl methyl sites for hydroxylation is 2. The van der Waals surface area contributed by atoms with Gasteiger partial charge in [-0.3, -0.25) is 0 Å². The van der Waals surface area contributed by atoms with Crippen LogP contribution in [-0.2, 0) is 28.4 Å². The summed E-state index contributed by atoms with van der Waals surface area (Å²) >= 11 is 0. The topological polar surface area (TPSA) is 34.1 Å². The van der Waals surface area contributed by atoms with Gasteiger partial charge in [-0.25, -0.2) is 8.42 Å². The molecule has 2 aromatic rings. The molecule has 0 aliphatic heterocycles. The maximum Gasteiger partial charge on any atom is 0.156 e. The first-order valence-electron chi connectivity index (χ1n) is 8.66. The molecule has 0 spiro atoms. The molecule has 0 aliphatic rings. The zero-order valence-corrected chi connectivity index (χ0v) is 15.9. The van der Waals surface area contributed by atoms with Gasteiger partial charge in [-0.15, -0.1) is 0 Å². The van der Waals surface area contributed by atoms with Crippen molar-refractivity contribution in [3.63, 3.8) is 0 Å². The molecule has 0 radical (unpaired) electrons. The van der Waals surface area contributed by atoms with Crippen LogP contribution in [0.15, 0.2) is 48.5 Å². The van der Waals surface area contributed by atoms with Crippen LogP contribution in [-0.4, -0.2) is 13.7 Å². The van der Waals surface area contributed by atoms with E-state index in [1.807, 2.05) is 24.3 Å². The third-order valence-corrected chi connectivity index (χ3v) is 6.63. The minimum Gasteiger partial charge on any atom is -0.228 e. The molecule has 2 rings (SSSR count). The van der Waals surface area contributed by atoms with E-state index in [0.29, 0.717) is 5.92 Å². The Hall–Kier alpha value is -1.61. The molecule has 0 bridgehead atoms. The highest BCUT2D eigenvalue weighted by atomic mass is 32.2. The van der Waals surface area contributed by atoms with Gasteiger partial charge in [0.2, 0.25) is 0 Å². The SMILES string of the molecule is CC(C)c1ccc(CCc2ccc(CS(=O)(=O)C(C)C)cc2)cc1. The van der Waals surface area contributed by atoms with Crippen LogP contribution in [0.5, 0.6) is 0 Å². The smallest absolute Gasteiger partial charge is 0.156 e.